The molecule has 0 aliphatic rings. The van der Waals surface area contributed by atoms with Crippen LogP contribution in [-0.4, -0.2) is 16.1 Å². The first kappa shape index (κ1) is 13.4. The molecular formula is C13H15N3O2S. The van der Waals surface area contributed by atoms with Gasteiger partial charge in [-0.2, -0.15) is 0 Å². The Morgan fingerprint density at radius 2 is 2.21 bits per heavy atom. The molecule has 1 aromatic heterocycles. The number of carboxylic acid groups (broad SMARTS) is 1. The molecule has 0 aliphatic heterocycles. The van der Waals surface area contributed by atoms with Crippen molar-refractivity contribution in [2.75, 3.05) is 11.1 Å². The predicted molar refractivity (Wildman–Crippen MR) is 77.3 cm³/mol. The molecule has 0 aliphatic carbocycles. The SMILES string of the molecule is CC(C)c1csc(Nc2cc(N)ccc2C(=O)O)n1. The zero-order valence-electron chi connectivity index (χ0n) is 10.7. The van der Waals surface area contributed by atoms with Gasteiger partial charge in [-0.05, 0) is 24.1 Å². The summed E-state index contributed by atoms with van der Waals surface area (Å²) in [5, 5.41) is 14.8. The van der Waals surface area contributed by atoms with E-state index in [2.05, 4.69) is 24.1 Å². The topological polar surface area (TPSA) is 88.2 Å². The van der Waals surface area contributed by atoms with E-state index in [9.17, 15) is 4.79 Å². The lowest BCUT2D eigenvalue weighted by Gasteiger charge is -2.08. The first-order chi connectivity index (χ1) is 8.97. The van der Waals surface area contributed by atoms with Crippen LogP contribution in [0.1, 0.15) is 35.8 Å². The zero-order chi connectivity index (χ0) is 14.0. The van der Waals surface area contributed by atoms with Crippen molar-refractivity contribution in [2.24, 2.45) is 0 Å². The van der Waals surface area contributed by atoms with Gasteiger partial charge in [-0.15, -0.1) is 11.3 Å². The summed E-state index contributed by atoms with van der Waals surface area (Å²) >= 11 is 1.44. The molecule has 0 spiro atoms. The van der Waals surface area contributed by atoms with Crippen LogP contribution in [0.4, 0.5) is 16.5 Å². The number of rotatable bonds is 4. The number of nitrogen functional groups attached to an aromatic ring is 1. The van der Waals surface area contributed by atoms with Gasteiger partial charge in [-0.1, -0.05) is 13.8 Å². The van der Waals surface area contributed by atoms with Gasteiger partial charge in [0, 0.05) is 11.1 Å². The van der Waals surface area contributed by atoms with E-state index >= 15 is 0 Å². The highest BCUT2D eigenvalue weighted by atomic mass is 32.1. The quantitative estimate of drug-likeness (QED) is 0.746. The summed E-state index contributed by atoms with van der Waals surface area (Å²) in [5.41, 5.74) is 7.80. The fourth-order valence-corrected chi connectivity index (χ4v) is 2.46. The lowest BCUT2D eigenvalue weighted by atomic mass is 10.1. The standard InChI is InChI=1S/C13H15N3O2S/c1-7(2)11-6-19-13(16-11)15-10-5-8(14)3-4-9(10)12(17)18/h3-7H,14H2,1-2H3,(H,15,16)(H,17,18). The molecule has 100 valence electrons. The lowest BCUT2D eigenvalue weighted by Crippen LogP contribution is -2.03. The minimum atomic E-state index is -0.997. The number of thiazole rings is 1. The van der Waals surface area contributed by atoms with Gasteiger partial charge in [-0.3, -0.25) is 0 Å². The summed E-state index contributed by atoms with van der Waals surface area (Å²) in [5.74, 6) is -0.658. The third-order valence-electron chi connectivity index (χ3n) is 2.63. The monoisotopic (exact) mass is 277 g/mol. The number of aromatic carboxylic acids is 1. The maximum Gasteiger partial charge on any atom is 0.337 e. The number of nitrogens with one attached hydrogen (secondary N) is 1. The number of anilines is 3. The van der Waals surface area contributed by atoms with Crippen molar-refractivity contribution >= 4 is 33.8 Å². The highest BCUT2D eigenvalue weighted by molar-refractivity contribution is 7.13. The smallest absolute Gasteiger partial charge is 0.337 e. The number of nitrogens with zero attached hydrogens (tertiary/aromatic N) is 1. The highest BCUT2D eigenvalue weighted by Crippen LogP contribution is 2.27. The summed E-state index contributed by atoms with van der Waals surface area (Å²) in [6, 6.07) is 4.65. The number of nitrogens with two attached hydrogens (primary N) is 1. The molecule has 0 bridgehead atoms. The van der Waals surface area contributed by atoms with Gasteiger partial charge in [0.25, 0.3) is 0 Å². The Balaban J connectivity index is 2.31. The van der Waals surface area contributed by atoms with E-state index in [1.807, 2.05) is 5.38 Å². The van der Waals surface area contributed by atoms with E-state index in [0.717, 1.165) is 5.69 Å². The van der Waals surface area contributed by atoms with Gasteiger partial charge < -0.3 is 16.2 Å². The van der Waals surface area contributed by atoms with Gasteiger partial charge in [-0.25, -0.2) is 9.78 Å². The van der Waals surface area contributed by atoms with Crippen LogP contribution in [0.15, 0.2) is 23.6 Å². The minimum Gasteiger partial charge on any atom is -0.478 e. The fourth-order valence-electron chi connectivity index (χ4n) is 1.58. The van der Waals surface area contributed by atoms with Crippen LogP contribution in [-0.2, 0) is 0 Å². The third-order valence-corrected chi connectivity index (χ3v) is 3.41. The highest BCUT2D eigenvalue weighted by Gasteiger charge is 2.12. The van der Waals surface area contributed by atoms with Gasteiger partial charge in [0.15, 0.2) is 5.13 Å². The molecule has 0 amide bonds. The van der Waals surface area contributed by atoms with Crippen LogP contribution >= 0.6 is 11.3 Å². The maximum atomic E-state index is 11.1. The number of hydrogen-bond acceptors (Lipinski definition) is 5. The largest absolute Gasteiger partial charge is 0.478 e. The predicted octanol–water partition coefficient (Wildman–Crippen LogP) is 3.29. The molecular weight excluding hydrogens is 262 g/mol. The lowest BCUT2D eigenvalue weighted by molar-refractivity contribution is 0.0698. The van der Waals surface area contributed by atoms with Crippen molar-refractivity contribution in [2.45, 2.75) is 19.8 Å². The summed E-state index contributed by atoms with van der Waals surface area (Å²) in [4.78, 5) is 15.5. The Kier molecular flexibility index (Phi) is 3.71. The molecule has 6 heteroatoms. The molecule has 0 fully saturated rings. The first-order valence-electron chi connectivity index (χ1n) is 5.82. The van der Waals surface area contributed by atoms with E-state index in [0.29, 0.717) is 22.4 Å². The third kappa shape index (κ3) is 3.03. The number of aromatic nitrogens is 1. The second kappa shape index (κ2) is 5.27. The van der Waals surface area contributed by atoms with Crippen molar-refractivity contribution in [3.8, 4) is 0 Å². The number of benzene rings is 1. The molecule has 0 radical (unpaired) electrons. The molecule has 0 atom stereocenters. The van der Waals surface area contributed by atoms with E-state index < -0.39 is 5.97 Å². The van der Waals surface area contributed by atoms with Crippen LogP contribution in [0.2, 0.25) is 0 Å². The van der Waals surface area contributed by atoms with Crippen molar-refractivity contribution < 1.29 is 9.90 Å². The van der Waals surface area contributed by atoms with Crippen LogP contribution in [0, 0.1) is 0 Å². The van der Waals surface area contributed by atoms with E-state index in [-0.39, 0.29) is 5.56 Å². The Hall–Kier alpha value is -2.08. The summed E-state index contributed by atoms with van der Waals surface area (Å²) in [6.45, 7) is 4.12. The molecule has 2 aromatic rings. The number of carboxylic acids is 1. The summed E-state index contributed by atoms with van der Waals surface area (Å²) in [7, 11) is 0. The van der Waals surface area contributed by atoms with Crippen molar-refractivity contribution in [3.05, 3.63) is 34.8 Å². The zero-order valence-corrected chi connectivity index (χ0v) is 11.5. The van der Waals surface area contributed by atoms with Crippen LogP contribution < -0.4 is 11.1 Å². The van der Waals surface area contributed by atoms with Crippen LogP contribution in [0.5, 0.6) is 0 Å². The molecule has 1 aromatic carbocycles. The van der Waals surface area contributed by atoms with Crippen molar-refractivity contribution in [3.63, 3.8) is 0 Å². The number of carbonyl (C=O) groups is 1. The van der Waals surface area contributed by atoms with Gasteiger partial charge in [0.2, 0.25) is 0 Å². The second-order valence-corrected chi connectivity index (χ2v) is 5.33. The van der Waals surface area contributed by atoms with Gasteiger partial charge in [0.1, 0.15) is 0 Å². The molecule has 4 N–H and O–H groups in total. The summed E-state index contributed by atoms with van der Waals surface area (Å²) in [6.07, 6.45) is 0. The summed E-state index contributed by atoms with van der Waals surface area (Å²) < 4.78 is 0. The Morgan fingerprint density at radius 1 is 1.47 bits per heavy atom. The van der Waals surface area contributed by atoms with Crippen LogP contribution in [0.25, 0.3) is 0 Å². The van der Waals surface area contributed by atoms with Crippen LogP contribution in [0.3, 0.4) is 0 Å². The Morgan fingerprint density at radius 3 is 2.79 bits per heavy atom. The normalized spacial score (nSPS) is 10.7. The Labute approximate surface area is 115 Å². The average Bonchev–Trinajstić information content (AvgIpc) is 2.77. The second-order valence-electron chi connectivity index (χ2n) is 4.47. The van der Waals surface area contributed by atoms with E-state index in [4.69, 9.17) is 10.8 Å². The molecule has 0 unspecified atom stereocenters. The van der Waals surface area contributed by atoms with Crippen molar-refractivity contribution in [1.82, 2.24) is 4.98 Å². The molecule has 1 heterocycles. The average molecular weight is 277 g/mol. The molecule has 0 saturated carbocycles. The van der Waals surface area contributed by atoms with Crippen molar-refractivity contribution in [1.29, 1.82) is 0 Å². The Bertz CT molecular complexity index is 608. The van der Waals surface area contributed by atoms with E-state index in [1.165, 1.54) is 17.4 Å². The van der Waals surface area contributed by atoms with E-state index in [1.54, 1.807) is 12.1 Å². The maximum absolute atomic E-state index is 11.1. The molecule has 2 rings (SSSR count). The fraction of sp³-hybridized carbons (Fsp3) is 0.231. The molecule has 5 nitrogen and oxygen atoms in total. The first-order valence-corrected chi connectivity index (χ1v) is 6.70. The van der Waals surface area contributed by atoms with Gasteiger partial charge >= 0.3 is 5.97 Å². The van der Waals surface area contributed by atoms with Gasteiger partial charge in [0.05, 0.1) is 16.9 Å². The minimum absolute atomic E-state index is 0.176. The molecule has 0 saturated heterocycles. The molecule has 19 heavy (non-hydrogen) atoms. The number of hydrogen-bond donors (Lipinski definition) is 3.